The highest BCUT2D eigenvalue weighted by atomic mass is 16.4. The highest BCUT2D eigenvalue weighted by molar-refractivity contribution is 5.98. The second-order valence-corrected chi connectivity index (χ2v) is 6.72. The van der Waals surface area contributed by atoms with Crippen LogP contribution in [0.1, 0.15) is 29.3 Å². The molecule has 0 aromatic heterocycles. The number of benzene rings is 1. The first-order chi connectivity index (χ1) is 11.9. The van der Waals surface area contributed by atoms with E-state index in [2.05, 4.69) is 10.6 Å². The van der Waals surface area contributed by atoms with Crippen LogP contribution in [0.3, 0.4) is 0 Å². The lowest BCUT2D eigenvalue weighted by atomic mass is 9.82. The third kappa shape index (κ3) is 3.16. The highest BCUT2D eigenvalue weighted by Gasteiger charge is 2.51. The van der Waals surface area contributed by atoms with E-state index in [1.54, 1.807) is 18.2 Å². The van der Waals surface area contributed by atoms with Crippen molar-refractivity contribution in [1.82, 2.24) is 5.32 Å². The number of fused-ring (bicyclic) bond motifs is 2. The van der Waals surface area contributed by atoms with Gasteiger partial charge in [-0.05, 0) is 55.9 Å². The predicted molar refractivity (Wildman–Crippen MR) is 93.2 cm³/mol. The molecule has 1 fully saturated rings. The molecule has 2 amide bonds. The van der Waals surface area contributed by atoms with Crippen LogP contribution in [0.25, 0.3) is 0 Å². The topological polar surface area (TPSA) is 95.5 Å². The van der Waals surface area contributed by atoms with Gasteiger partial charge in [-0.3, -0.25) is 14.4 Å². The summed E-state index contributed by atoms with van der Waals surface area (Å²) in [7, 11) is 0. The Hall–Kier alpha value is -2.63. The van der Waals surface area contributed by atoms with Gasteiger partial charge < -0.3 is 15.7 Å². The van der Waals surface area contributed by atoms with Crippen LogP contribution in [0.4, 0.5) is 5.69 Å². The van der Waals surface area contributed by atoms with Crippen molar-refractivity contribution < 1.29 is 19.5 Å². The predicted octanol–water partition coefficient (Wildman–Crippen LogP) is 2.21. The van der Waals surface area contributed by atoms with Crippen LogP contribution in [-0.2, 0) is 9.59 Å². The molecule has 4 atom stereocenters. The maximum atomic E-state index is 12.7. The Bertz CT molecular complexity index is 756. The number of anilines is 1. The molecule has 6 nitrogen and oxygen atoms in total. The van der Waals surface area contributed by atoms with Crippen molar-refractivity contribution in [3.63, 3.8) is 0 Å². The van der Waals surface area contributed by atoms with E-state index in [4.69, 9.17) is 0 Å². The molecule has 0 spiro atoms. The molecule has 3 rings (SSSR count). The van der Waals surface area contributed by atoms with Crippen molar-refractivity contribution in [2.45, 2.75) is 20.3 Å². The standard InChI is InChI=1S/C19H22N2O4/c1-3-20-17(22)13-6-7-14(10(2)8-13)21-18(23)15-11-4-5-12(9-11)16(15)19(24)25/h4-8,11-12,15-16H,3,9H2,1-2H3,(H,20,22)(H,21,23)(H,24,25)/t11-,12-,15-,16+/m0/s1. The van der Waals surface area contributed by atoms with E-state index in [9.17, 15) is 19.5 Å². The first kappa shape index (κ1) is 17.2. The molecule has 1 saturated carbocycles. The van der Waals surface area contributed by atoms with Gasteiger partial charge in [-0.1, -0.05) is 12.2 Å². The largest absolute Gasteiger partial charge is 0.481 e. The summed E-state index contributed by atoms with van der Waals surface area (Å²) in [6.45, 7) is 4.21. The van der Waals surface area contributed by atoms with Gasteiger partial charge in [-0.15, -0.1) is 0 Å². The number of carbonyl (C=O) groups is 3. The number of carbonyl (C=O) groups excluding carboxylic acids is 2. The van der Waals surface area contributed by atoms with Crippen molar-refractivity contribution in [2.75, 3.05) is 11.9 Å². The van der Waals surface area contributed by atoms with Crippen LogP contribution in [-0.4, -0.2) is 29.4 Å². The molecule has 0 aliphatic heterocycles. The zero-order valence-corrected chi connectivity index (χ0v) is 14.3. The quantitative estimate of drug-likeness (QED) is 0.715. The molecule has 1 aromatic rings. The minimum absolute atomic E-state index is 0.0130. The molecule has 0 radical (unpaired) electrons. The minimum Gasteiger partial charge on any atom is -0.481 e. The Morgan fingerprint density at radius 3 is 2.44 bits per heavy atom. The fourth-order valence-electron chi connectivity index (χ4n) is 3.94. The molecule has 6 heteroatoms. The zero-order chi connectivity index (χ0) is 18.1. The summed E-state index contributed by atoms with van der Waals surface area (Å²) in [5.74, 6) is -2.62. The van der Waals surface area contributed by atoms with Crippen LogP contribution in [0.5, 0.6) is 0 Å². The number of aryl methyl sites for hydroxylation is 1. The molecule has 2 aliphatic rings. The smallest absolute Gasteiger partial charge is 0.307 e. The van der Waals surface area contributed by atoms with Crippen molar-refractivity contribution in [1.29, 1.82) is 0 Å². The van der Waals surface area contributed by atoms with Crippen LogP contribution in [0.15, 0.2) is 30.4 Å². The second kappa shape index (κ2) is 6.70. The van der Waals surface area contributed by atoms with Crippen LogP contribution >= 0.6 is 0 Å². The fraction of sp³-hybridized carbons (Fsp3) is 0.421. The van der Waals surface area contributed by atoms with Crippen LogP contribution in [0, 0.1) is 30.6 Å². The van der Waals surface area contributed by atoms with Crippen molar-refractivity contribution in [3.8, 4) is 0 Å². The van der Waals surface area contributed by atoms with E-state index in [1.165, 1.54) is 0 Å². The van der Waals surface area contributed by atoms with Gasteiger partial charge in [0.1, 0.15) is 0 Å². The lowest BCUT2D eigenvalue weighted by Gasteiger charge is -2.24. The number of allylic oxidation sites excluding steroid dienone is 2. The first-order valence-electron chi connectivity index (χ1n) is 8.53. The molecular weight excluding hydrogens is 320 g/mol. The van der Waals surface area contributed by atoms with Crippen LogP contribution in [0.2, 0.25) is 0 Å². The van der Waals surface area contributed by atoms with Gasteiger partial charge in [-0.25, -0.2) is 0 Å². The highest BCUT2D eigenvalue weighted by Crippen LogP contribution is 2.48. The van der Waals surface area contributed by atoms with Gasteiger partial charge in [0, 0.05) is 17.8 Å². The molecule has 2 aliphatic carbocycles. The molecule has 0 saturated heterocycles. The van der Waals surface area contributed by atoms with E-state index >= 15 is 0 Å². The lowest BCUT2D eigenvalue weighted by molar-refractivity contribution is -0.146. The zero-order valence-electron chi connectivity index (χ0n) is 14.3. The Labute approximate surface area is 146 Å². The van der Waals surface area contributed by atoms with Gasteiger partial charge >= 0.3 is 5.97 Å². The van der Waals surface area contributed by atoms with Crippen LogP contribution < -0.4 is 10.6 Å². The molecule has 132 valence electrons. The molecule has 0 unspecified atom stereocenters. The van der Waals surface area contributed by atoms with E-state index in [1.807, 2.05) is 26.0 Å². The average Bonchev–Trinajstić information content (AvgIpc) is 3.17. The number of aliphatic carboxylic acids is 1. The van der Waals surface area contributed by atoms with Crippen molar-refractivity contribution in [3.05, 3.63) is 41.5 Å². The molecule has 3 N–H and O–H groups in total. The van der Waals surface area contributed by atoms with E-state index in [0.717, 1.165) is 12.0 Å². The van der Waals surface area contributed by atoms with Crippen molar-refractivity contribution >= 4 is 23.5 Å². The van der Waals surface area contributed by atoms with Gasteiger partial charge in [0.05, 0.1) is 11.8 Å². The number of hydrogen-bond donors (Lipinski definition) is 3. The number of carboxylic acid groups (broad SMARTS) is 1. The fourth-order valence-corrected chi connectivity index (χ4v) is 3.94. The Morgan fingerprint density at radius 2 is 1.84 bits per heavy atom. The summed E-state index contributed by atoms with van der Waals surface area (Å²) in [5, 5.41) is 15.0. The summed E-state index contributed by atoms with van der Waals surface area (Å²) >= 11 is 0. The van der Waals surface area contributed by atoms with Gasteiger partial charge in [-0.2, -0.15) is 0 Å². The Kier molecular flexibility index (Phi) is 4.61. The molecule has 0 heterocycles. The molecule has 2 bridgehead atoms. The summed E-state index contributed by atoms with van der Waals surface area (Å²) in [6.07, 6.45) is 4.60. The van der Waals surface area contributed by atoms with E-state index in [-0.39, 0.29) is 23.7 Å². The number of nitrogens with one attached hydrogen (secondary N) is 2. The first-order valence-corrected chi connectivity index (χ1v) is 8.53. The van der Waals surface area contributed by atoms with Gasteiger partial charge in [0.25, 0.3) is 5.91 Å². The maximum absolute atomic E-state index is 12.7. The Morgan fingerprint density at radius 1 is 1.16 bits per heavy atom. The third-order valence-corrected chi connectivity index (χ3v) is 5.13. The van der Waals surface area contributed by atoms with E-state index < -0.39 is 17.8 Å². The summed E-state index contributed by atoms with van der Waals surface area (Å²) in [4.78, 5) is 36.1. The average molecular weight is 342 g/mol. The summed E-state index contributed by atoms with van der Waals surface area (Å²) in [6, 6.07) is 5.07. The summed E-state index contributed by atoms with van der Waals surface area (Å²) in [5.41, 5.74) is 1.90. The lowest BCUT2D eigenvalue weighted by Crippen LogP contribution is -2.36. The molecule has 25 heavy (non-hydrogen) atoms. The normalized spacial score (nSPS) is 26.5. The SMILES string of the molecule is CCNC(=O)c1ccc(NC(=O)[C@@H]2[C@H](C(=O)O)[C@H]3C=C[C@H]2C3)c(C)c1. The Balaban J connectivity index is 1.76. The number of carboxylic acids is 1. The number of rotatable bonds is 5. The van der Waals surface area contributed by atoms with E-state index in [0.29, 0.717) is 17.8 Å². The number of hydrogen-bond acceptors (Lipinski definition) is 3. The minimum atomic E-state index is -0.916. The monoisotopic (exact) mass is 342 g/mol. The third-order valence-electron chi connectivity index (χ3n) is 5.13. The second-order valence-electron chi connectivity index (χ2n) is 6.72. The van der Waals surface area contributed by atoms with Gasteiger partial charge in [0.2, 0.25) is 5.91 Å². The maximum Gasteiger partial charge on any atom is 0.307 e. The van der Waals surface area contributed by atoms with Crippen molar-refractivity contribution in [2.24, 2.45) is 23.7 Å². The number of amides is 2. The molecular formula is C19H22N2O4. The summed E-state index contributed by atoms with van der Waals surface area (Å²) < 4.78 is 0. The molecule has 1 aromatic carbocycles. The van der Waals surface area contributed by atoms with Gasteiger partial charge in [0.15, 0.2) is 0 Å².